The van der Waals surface area contributed by atoms with Crippen LogP contribution in [0.3, 0.4) is 0 Å². The van der Waals surface area contributed by atoms with Gasteiger partial charge in [-0.1, -0.05) is 22.9 Å². The predicted octanol–water partition coefficient (Wildman–Crippen LogP) is 2.73. The maximum Gasteiger partial charge on any atom is 0.275 e. The first-order valence-electron chi connectivity index (χ1n) is 4.04. The van der Waals surface area contributed by atoms with Gasteiger partial charge in [0.15, 0.2) is 5.82 Å². The molecule has 15 heavy (non-hydrogen) atoms. The van der Waals surface area contributed by atoms with E-state index < -0.39 is 0 Å². The number of hydrogen-bond donors (Lipinski definition) is 0. The van der Waals surface area contributed by atoms with Gasteiger partial charge in [0, 0.05) is 0 Å². The standard InChI is InChI=1S/C8H7Cl2N3OS/c1-14-8-12-7(6(2-9)15-8)13-4-5(10)3-11-13/h3-4H,2H2,1H3. The van der Waals surface area contributed by atoms with Crippen molar-refractivity contribution in [3.63, 3.8) is 0 Å². The fourth-order valence-corrected chi connectivity index (χ4v) is 2.22. The second-order valence-corrected chi connectivity index (χ2v) is 4.42. The van der Waals surface area contributed by atoms with Crippen molar-refractivity contribution in [3.8, 4) is 11.0 Å². The van der Waals surface area contributed by atoms with Crippen LogP contribution in [0.1, 0.15) is 4.88 Å². The number of aromatic nitrogens is 3. The van der Waals surface area contributed by atoms with Gasteiger partial charge in [-0.3, -0.25) is 0 Å². The Morgan fingerprint density at radius 1 is 1.60 bits per heavy atom. The van der Waals surface area contributed by atoms with Crippen molar-refractivity contribution in [1.29, 1.82) is 0 Å². The van der Waals surface area contributed by atoms with Gasteiger partial charge in [0.25, 0.3) is 5.19 Å². The molecule has 2 aromatic rings. The van der Waals surface area contributed by atoms with Crippen LogP contribution in [0.5, 0.6) is 5.19 Å². The van der Waals surface area contributed by atoms with Crippen LogP contribution in [0.25, 0.3) is 5.82 Å². The van der Waals surface area contributed by atoms with E-state index >= 15 is 0 Å². The van der Waals surface area contributed by atoms with Gasteiger partial charge in [-0.05, 0) is 0 Å². The van der Waals surface area contributed by atoms with Crippen LogP contribution in [0.15, 0.2) is 12.4 Å². The number of nitrogens with zero attached hydrogens (tertiary/aromatic N) is 3. The van der Waals surface area contributed by atoms with Gasteiger partial charge in [0.2, 0.25) is 0 Å². The average Bonchev–Trinajstić information content (AvgIpc) is 2.82. The van der Waals surface area contributed by atoms with Crippen molar-refractivity contribution < 1.29 is 4.74 Å². The molecule has 4 nitrogen and oxygen atoms in total. The molecule has 0 aromatic carbocycles. The number of thiazole rings is 1. The maximum absolute atomic E-state index is 5.80. The molecule has 0 atom stereocenters. The molecule has 0 radical (unpaired) electrons. The summed E-state index contributed by atoms with van der Waals surface area (Å²) in [7, 11) is 1.57. The van der Waals surface area contributed by atoms with E-state index in [2.05, 4.69) is 10.1 Å². The van der Waals surface area contributed by atoms with E-state index in [0.29, 0.717) is 21.9 Å². The highest BCUT2D eigenvalue weighted by Gasteiger charge is 2.13. The minimum atomic E-state index is 0.369. The second-order valence-electron chi connectivity index (χ2n) is 2.67. The van der Waals surface area contributed by atoms with Gasteiger partial charge in [0.1, 0.15) is 0 Å². The highest BCUT2D eigenvalue weighted by molar-refractivity contribution is 7.14. The highest BCUT2D eigenvalue weighted by Crippen LogP contribution is 2.28. The van der Waals surface area contributed by atoms with E-state index in [1.165, 1.54) is 11.3 Å². The average molecular weight is 264 g/mol. The molecule has 0 bridgehead atoms. The largest absolute Gasteiger partial charge is 0.473 e. The van der Waals surface area contributed by atoms with Crippen molar-refractivity contribution in [3.05, 3.63) is 22.3 Å². The van der Waals surface area contributed by atoms with Crippen molar-refractivity contribution >= 4 is 34.5 Å². The summed E-state index contributed by atoms with van der Waals surface area (Å²) in [4.78, 5) is 5.13. The molecule has 0 saturated heterocycles. The van der Waals surface area contributed by atoms with Gasteiger partial charge >= 0.3 is 0 Å². The first-order valence-corrected chi connectivity index (χ1v) is 5.77. The number of alkyl halides is 1. The Balaban J connectivity index is 2.46. The number of ether oxygens (including phenoxy) is 1. The first-order chi connectivity index (χ1) is 7.24. The van der Waals surface area contributed by atoms with Gasteiger partial charge in [-0.2, -0.15) is 10.1 Å². The zero-order chi connectivity index (χ0) is 10.8. The van der Waals surface area contributed by atoms with Crippen molar-refractivity contribution in [1.82, 2.24) is 14.8 Å². The summed E-state index contributed by atoms with van der Waals surface area (Å²) < 4.78 is 6.62. The number of hydrogen-bond acceptors (Lipinski definition) is 4. The molecule has 0 aliphatic rings. The van der Waals surface area contributed by atoms with Crippen LogP contribution in [-0.2, 0) is 5.88 Å². The first kappa shape index (κ1) is 10.7. The minimum absolute atomic E-state index is 0.369. The lowest BCUT2D eigenvalue weighted by Crippen LogP contribution is -1.97. The monoisotopic (exact) mass is 263 g/mol. The Hall–Kier alpha value is -0.780. The zero-order valence-corrected chi connectivity index (χ0v) is 10.1. The molecule has 0 amide bonds. The molecule has 0 saturated carbocycles. The van der Waals surface area contributed by atoms with E-state index in [1.807, 2.05) is 0 Å². The third kappa shape index (κ3) is 2.09. The second kappa shape index (κ2) is 4.38. The molecule has 2 rings (SSSR count). The fraction of sp³-hybridized carbons (Fsp3) is 0.250. The summed E-state index contributed by atoms with van der Waals surface area (Å²) in [6.07, 6.45) is 3.22. The molecule has 0 aliphatic carbocycles. The normalized spacial score (nSPS) is 10.6. The predicted molar refractivity (Wildman–Crippen MR) is 60.4 cm³/mol. The Kier molecular flexibility index (Phi) is 3.14. The molecule has 0 spiro atoms. The Morgan fingerprint density at radius 3 is 2.93 bits per heavy atom. The summed E-state index contributed by atoms with van der Waals surface area (Å²) in [5.41, 5.74) is 0. The molecule has 2 aromatic heterocycles. The quantitative estimate of drug-likeness (QED) is 0.800. The third-order valence-corrected chi connectivity index (χ3v) is 3.35. The summed E-state index contributed by atoms with van der Waals surface area (Å²) in [5, 5.41) is 5.18. The van der Waals surface area contributed by atoms with Crippen molar-refractivity contribution in [2.75, 3.05) is 7.11 Å². The molecule has 0 N–H and O–H groups in total. The van der Waals surface area contributed by atoms with Gasteiger partial charge < -0.3 is 4.74 Å². The highest BCUT2D eigenvalue weighted by atomic mass is 35.5. The number of methoxy groups -OCH3 is 1. The summed E-state index contributed by atoms with van der Waals surface area (Å²) in [5.74, 6) is 1.03. The van der Waals surface area contributed by atoms with E-state index in [1.54, 1.807) is 24.2 Å². The minimum Gasteiger partial charge on any atom is -0.473 e. The van der Waals surface area contributed by atoms with E-state index in [0.717, 1.165) is 4.88 Å². The van der Waals surface area contributed by atoms with Crippen LogP contribution in [0.4, 0.5) is 0 Å². The van der Waals surface area contributed by atoms with Crippen LogP contribution < -0.4 is 4.74 Å². The fourth-order valence-electron chi connectivity index (χ4n) is 1.09. The van der Waals surface area contributed by atoms with Crippen molar-refractivity contribution in [2.24, 2.45) is 0 Å². The Labute approximate surface area is 100 Å². The van der Waals surface area contributed by atoms with Gasteiger partial charge in [0.05, 0.1) is 35.3 Å². The Bertz CT molecular complexity index is 468. The van der Waals surface area contributed by atoms with Crippen LogP contribution in [-0.4, -0.2) is 21.9 Å². The van der Waals surface area contributed by atoms with Gasteiger partial charge in [-0.15, -0.1) is 11.6 Å². The summed E-state index contributed by atoms with van der Waals surface area (Å²) in [6.45, 7) is 0. The molecule has 0 aliphatic heterocycles. The van der Waals surface area contributed by atoms with Crippen molar-refractivity contribution in [2.45, 2.75) is 5.88 Å². The molecular formula is C8H7Cl2N3OS. The lowest BCUT2D eigenvalue weighted by Gasteiger charge is -1.96. The van der Waals surface area contributed by atoms with Crippen LogP contribution in [0.2, 0.25) is 5.02 Å². The maximum atomic E-state index is 5.80. The number of halogens is 2. The topological polar surface area (TPSA) is 39.9 Å². The SMILES string of the molecule is COc1nc(-n2cc(Cl)cn2)c(CCl)s1. The number of rotatable bonds is 3. The van der Waals surface area contributed by atoms with Crippen LogP contribution >= 0.6 is 34.5 Å². The third-order valence-electron chi connectivity index (χ3n) is 1.72. The zero-order valence-electron chi connectivity index (χ0n) is 7.78. The smallest absolute Gasteiger partial charge is 0.275 e. The lowest BCUT2D eigenvalue weighted by molar-refractivity contribution is 0.411. The summed E-state index contributed by atoms with van der Waals surface area (Å²) in [6, 6.07) is 0. The molecule has 2 heterocycles. The molecule has 7 heteroatoms. The molecule has 0 fully saturated rings. The van der Waals surface area contributed by atoms with Crippen LogP contribution in [0, 0.1) is 0 Å². The lowest BCUT2D eigenvalue weighted by atomic mass is 10.5. The van der Waals surface area contributed by atoms with Gasteiger partial charge in [-0.25, -0.2) is 4.68 Å². The molecular weight excluding hydrogens is 257 g/mol. The summed E-state index contributed by atoms with van der Waals surface area (Å²) >= 11 is 13.0. The van der Waals surface area contributed by atoms with E-state index in [4.69, 9.17) is 27.9 Å². The molecule has 80 valence electrons. The van der Waals surface area contributed by atoms with E-state index in [-0.39, 0.29) is 0 Å². The molecule has 0 unspecified atom stereocenters. The Morgan fingerprint density at radius 2 is 2.40 bits per heavy atom. The van der Waals surface area contributed by atoms with E-state index in [9.17, 15) is 0 Å².